The molecular formula is C15H23N3O3. The second-order valence-electron chi connectivity index (χ2n) is 5.63. The topological polar surface area (TPSA) is 67.6 Å². The van der Waals surface area contributed by atoms with Crippen molar-refractivity contribution >= 4 is 11.4 Å². The third-order valence-electron chi connectivity index (χ3n) is 4.21. The van der Waals surface area contributed by atoms with Gasteiger partial charge in [0, 0.05) is 33.3 Å². The summed E-state index contributed by atoms with van der Waals surface area (Å²) in [5.41, 5.74) is 1.75. The van der Waals surface area contributed by atoms with Crippen LogP contribution in [0.2, 0.25) is 0 Å². The maximum absolute atomic E-state index is 10.9. The molecule has 6 nitrogen and oxygen atoms in total. The molecule has 2 rings (SSSR count). The lowest BCUT2D eigenvalue weighted by Crippen LogP contribution is -2.43. The van der Waals surface area contributed by atoms with E-state index in [0.717, 1.165) is 31.6 Å². The fourth-order valence-corrected chi connectivity index (χ4v) is 2.85. The molecule has 21 heavy (non-hydrogen) atoms. The SMILES string of the molecule is CNc1cc(CN2CCC(C)C(OC)C2)ccc1[N+](=O)[O-]. The van der Waals surface area contributed by atoms with Crippen LogP contribution in [-0.4, -0.2) is 43.2 Å². The number of piperidine rings is 1. The standard InChI is InChI=1S/C15H23N3O3/c1-11-6-7-17(10-15(11)21-3)9-12-4-5-14(18(19)20)13(8-12)16-2/h4-5,8,11,15-16H,6-7,9-10H2,1-3H3. The highest BCUT2D eigenvalue weighted by Crippen LogP contribution is 2.27. The Kier molecular flexibility index (Phi) is 5.14. The van der Waals surface area contributed by atoms with Crippen molar-refractivity contribution in [1.82, 2.24) is 4.90 Å². The average Bonchev–Trinajstić information content (AvgIpc) is 2.48. The van der Waals surface area contributed by atoms with Gasteiger partial charge in [0.05, 0.1) is 11.0 Å². The minimum Gasteiger partial charge on any atom is -0.383 e. The lowest BCUT2D eigenvalue weighted by atomic mass is 9.95. The van der Waals surface area contributed by atoms with E-state index >= 15 is 0 Å². The van der Waals surface area contributed by atoms with Crippen molar-refractivity contribution in [3.63, 3.8) is 0 Å². The summed E-state index contributed by atoms with van der Waals surface area (Å²) in [7, 11) is 3.46. The Morgan fingerprint density at radius 1 is 1.52 bits per heavy atom. The summed E-state index contributed by atoms with van der Waals surface area (Å²) < 4.78 is 5.52. The van der Waals surface area contributed by atoms with E-state index in [0.29, 0.717) is 11.6 Å². The van der Waals surface area contributed by atoms with Gasteiger partial charge in [-0.2, -0.15) is 0 Å². The number of nitrogens with zero attached hydrogens (tertiary/aromatic N) is 2. The van der Waals surface area contributed by atoms with Crippen LogP contribution >= 0.6 is 0 Å². The van der Waals surface area contributed by atoms with E-state index in [1.165, 1.54) is 0 Å². The van der Waals surface area contributed by atoms with Gasteiger partial charge in [-0.15, -0.1) is 0 Å². The number of benzene rings is 1. The Morgan fingerprint density at radius 2 is 2.29 bits per heavy atom. The molecule has 0 amide bonds. The molecule has 6 heteroatoms. The number of ether oxygens (including phenoxy) is 1. The van der Waals surface area contributed by atoms with Gasteiger partial charge in [-0.05, 0) is 30.5 Å². The predicted molar refractivity (Wildman–Crippen MR) is 82.5 cm³/mol. The van der Waals surface area contributed by atoms with Gasteiger partial charge < -0.3 is 10.1 Å². The summed E-state index contributed by atoms with van der Waals surface area (Å²) in [6, 6.07) is 5.26. The summed E-state index contributed by atoms with van der Waals surface area (Å²) in [6.07, 6.45) is 1.38. The molecule has 116 valence electrons. The summed E-state index contributed by atoms with van der Waals surface area (Å²) in [5, 5.41) is 13.8. The fourth-order valence-electron chi connectivity index (χ4n) is 2.85. The van der Waals surface area contributed by atoms with Crippen molar-refractivity contribution in [3.8, 4) is 0 Å². The van der Waals surface area contributed by atoms with Crippen LogP contribution in [0.4, 0.5) is 11.4 Å². The quantitative estimate of drug-likeness (QED) is 0.667. The second-order valence-corrected chi connectivity index (χ2v) is 5.63. The zero-order valence-electron chi connectivity index (χ0n) is 12.8. The molecule has 2 unspecified atom stereocenters. The minimum atomic E-state index is -0.362. The molecule has 0 radical (unpaired) electrons. The Labute approximate surface area is 125 Å². The third-order valence-corrected chi connectivity index (χ3v) is 4.21. The first-order valence-electron chi connectivity index (χ1n) is 7.25. The summed E-state index contributed by atoms with van der Waals surface area (Å²) in [6.45, 7) is 4.95. The van der Waals surface area contributed by atoms with Crippen LogP contribution in [0.25, 0.3) is 0 Å². The van der Waals surface area contributed by atoms with Crippen molar-refractivity contribution in [3.05, 3.63) is 33.9 Å². The minimum absolute atomic E-state index is 0.114. The molecule has 1 N–H and O–H groups in total. The maximum atomic E-state index is 10.9. The molecule has 1 aliphatic heterocycles. The largest absolute Gasteiger partial charge is 0.383 e. The van der Waals surface area contributed by atoms with Gasteiger partial charge in [-0.1, -0.05) is 13.0 Å². The molecule has 0 aromatic heterocycles. The van der Waals surface area contributed by atoms with Gasteiger partial charge in [0.1, 0.15) is 5.69 Å². The number of hydrogen-bond acceptors (Lipinski definition) is 5. The van der Waals surface area contributed by atoms with Crippen molar-refractivity contribution in [2.24, 2.45) is 5.92 Å². The first kappa shape index (κ1) is 15.7. The molecule has 1 aromatic rings. The van der Waals surface area contributed by atoms with Crippen LogP contribution < -0.4 is 5.32 Å². The second kappa shape index (κ2) is 6.87. The molecule has 0 aliphatic carbocycles. The monoisotopic (exact) mass is 293 g/mol. The van der Waals surface area contributed by atoms with Crippen LogP contribution in [0, 0.1) is 16.0 Å². The summed E-state index contributed by atoms with van der Waals surface area (Å²) in [4.78, 5) is 12.9. The molecule has 2 atom stereocenters. The predicted octanol–water partition coefficient (Wildman–Crippen LogP) is 2.49. The normalized spacial score (nSPS) is 23.0. The number of anilines is 1. The highest BCUT2D eigenvalue weighted by atomic mass is 16.6. The molecule has 0 spiro atoms. The van der Waals surface area contributed by atoms with Gasteiger partial charge >= 0.3 is 0 Å². The molecule has 1 heterocycles. The first-order valence-corrected chi connectivity index (χ1v) is 7.25. The van der Waals surface area contributed by atoms with Crippen molar-refractivity contribution < 1.29 is 9.66 Å². The van der Waals surface area contributed by atoms with Crippen LogP contribution in [0.15, 0.2) is 18.2 Å². The fraction of sp³-hybridized carbons (Fsp3) is 0.600. The molecule has 0 bridgehead atoms. The van der Waals surface area contributed by atoms with E-state index < -0.39 is 0 Å². The number of nitrogens with one attached hydrogen (secondary N) is 1. The van der Waals surface area contributed by atoms with Crippen LogP contribution in [-0.2, 0) is 11.3 Å². The number of rotatable bonds is 5. The number of likely N-dealkylation sites (tertiary alicyclic amines) is 1. The molecule has 1 aliphatic rings. The molecule has 0 saturated carbocycles. The van der Waals surface area contributed by atoms with Gasteiger partial charge in [-0.25, -0.2) is 0 Å². The van der Waals surface area contributed by atoms with Crippen LogP contribution in [0.5, 0.6) is 0 Å². The van der Waals surface area contributed by atoms with Crippen molar-refractivity contribution in [2.75, 3.05) is 32.6 Å². The Morgan fingerprint density at radius 3 is 2.90 bits per heavy atom. The number of hydrogen-bond donors (Lipinski definition) is 1. The molecule has 1 saturated heterocycles. The highest BCUT2D eigenvalue weighted by molar-refractivity contribution is 5.62. The lowest BCUT2D eigenvalue weighted by molar-refractivity contribution is -0.384. The highest BCUT2D eigenvalue weighted by Gasteiger charge is 2.26. The van der Waals surface area contributed by atoms with Crippen molar-refractivity contribution in [1.29, 1.82) is 0 Å². The maximum Gasteiger partial charge on any atom is 0.292 e. The number of methoxy groups -OCH3 is 1. The zero-order chi connectivity index (χ0) is 15.4. The Hall–Kier alpha value is -1.66. The van der Waals surface area contributed by atoms with Gasteiger partial charge in [0.2, 0.25) is 0 Å². The smallest absolute Gasteiger partial charge is 0.292 e. The van der Waals surface area contributed by atoms with Crippen molar-refractivity contribution in [2.45, 2.75) is 26.0 Å². The first-order chi connectivity index (χ1) is 10.0. The molecular weight excluding hydrogens is 270 g/mol. The Bertz CT molecular complexity index is 507. The summed E-state index contributed by atoms with van der Waals surface area (Å²) in [5.74, 6) is 0.580. The van der Waals surface area contributed by atoms with E-state index in [2.05, 4.69) is 17.1 Å². The van der Waals surface area contributed by atoms with Gasteiger partial charge in [0.15, 0.2) is 0 Å². The van der Waals surface area contributed by atoms with E-state index in [1.807, 2.05) is 12.1 Å². The number of nitro benzene ring substituents is 1. The zero-order valence-corrected chi connectivity index (χ0v) is 12.8. The van der Waals surface area contributed by atoms with Gasteiger partial charge in [0.25, 0.3) is 5.69 Å². The number of nitro groups is 1. The van der Waals surface area contributed by atoms with E-state index in [-0.39, 0.29) is 16.7 Å². The molecule has 1 fully saturated rings. The van der Waals surface area contributed by atoms with Gasteiger partial charge in [-0.3, -0.25) is 15.0 Å². The van der Waals surface area contributed by atoms with E-state index in [1.54, 1.807) is 20.2 Å². The molecule has 1 aromatic carbocycles. The van der Waals surface area contributed by atoms with E-state index in [4.69, 9.17) is 4.74 Å². The van der Waals surface area contributed by atoms with Crippen LogP contribution in [0.1, 0.15) is 18.9 Å². The Balaban J connectivity index is 2.08. The summed E-state index contributed by atoms with van der Waals surface area (Å²) >= 11 is 0. The third kappa shape index (κ3) is 3.71. The lowest BCUT2D eigenvalue weighted by Gasteiger charge is -2.36. The van der Waals surface area contributed by atoms with E-state index in [9.17, 15) is 10.1 Å². The average molecular weight is 293 g/mol. The van der Waals surface area contributed by atoms with Crippen LogP contribution in [0.3, 0.4) is 0 Å².